The van der Waals surface area contributed by atoms with Gasteiger partial charge in [-0.25, -0.2) is 13.2 Å². The van der Waals surface area contributed by atoms with Gasteiger partial charge in [0, 0.05) is 32.8 Å². The van der Waals surface area contributed by atoms with Gasteiger partial charge in [-0.15, -0.1) is 0 Å². The maximum atomic E-state index is 11.8. The third-order valence-corrected chi connectivity index (χ3v) is 6.23. The van der Waals surface area contributed by atoms with Gasteiger partial charge in [0.1, 0.15) is 11.3 Å². The van der Waals surface area contributed by atoms with Gasteiger partial charge in [-0.3, -0.25) is 4.90 Å². The topological polar surface area (TPSA) is 93.1 Å². The van der Waals surface area contributed by atoms with Gasteiger partial charge in [-0.2, -0.15) is 0 Å². The smallest absolute Gasteiger partial charge is 0.339 e. The summed E-state index contributed by atoms with van der Waals surface area (Å²) in [6.45, 7) is 2.50. The fraction of sp³-hybridized carbons (Fsp3) is 0.611. The summed E-state index contributed by atoms with van der Waals surface area (Å²) >= 11 is 0. The molecule has 1 aromatic carbocycles. The molecule has 1 fully saturated rings. The quantitative estimate of drug-likeness (QED) is 0.579. The SMILES string of the molecule is COCCCN(CCCOc1ccccc1C(=O)O)C1CCS(=O)(=O)C1. The molecule has 0 amide bonds. The van der Waals surface area contributed by atoms with Crippen molar-refractivity contribution in [2.24, 2.45) is 0 Å². The van der Waals surface area contributed by atoms with E-state index in [1.54, 1.807) is 25.3 Å². The molecule has 0 spiro atoms. The lowest BCUT2D eigenvalue weighted by atomic mass is 10.2. The van der Waals surface area contributed by atoms with E-state index >= 15 is 0 Å². The molecule has 2 rings (SSSR count). The predicted molar refractivity (Wildman–Crippen MR) is 98.6 cm³/mol. The normalized spacial score (nSPS) is 18.9. The van der Waals surface area contributed by atoms with E-state index in [1.165, 1.54) is 6.07 Å². The van der Waals surface area contributed by atoms with Crippen LogP contribution in [0.1, 0.15) is 29.6 Å². The van der Waals surface area contributed by atoms with Crippen LogP contribution in [0.25, 0.3) is 0 Å². The van der Waals surface area contributed by atoms with Crippen molar-refractivity contribution >= 4 is 15.8 Å². The molecular weight excluding hydrogens is 358 g/mol. The molecule has 1 atom stereocenters. The predicted octanol–water partition coefficient (Wildman–Crippen LogP) is 1.68. The van der Waals surface area contributed by atoms with E-state index < -0.39 is 15.8 Å². The molecule has 0 bridgehead atoms. The molecule has 26 heavy (non-hydrogen) atoms. The minimum absolute atomic E-state index is 0.0446. The van der Waals surface area contributed by atoms with Crippen LogP contribution >= 0.6 is 0 Å². The zero-order chi connectivity index (χ0) is 19.0. The first kappa shape index (κ1) is 20.7. The molecule has 1 N–H and O–H groups in total. The van der Waals surface area contributed by atoms with E-state index in [0.29, 0.717) is 38.3 Å². The third-order valence-electron chi connectivity index (χ3n) is 4.48. The van der Waals surface area contributed by atoms with E-state index in [0.717, 1.165) is 13.0 Å². The number of nitrogens with zero attached hydrogens (tertiary/aromatic N) is 1. The maximum absolute atomic E-state index is 11.8. The standard InChI is InChI=1S/C18H27NO6S/c1-24-11-4-9-19(15-8-13-26(22,23)14-15)10-5-12-25-17-7-3-2-6-16(17)18(20)21/h2-3,6-7,15H,4-5,8-14H2,1H3,(H,20,21). The first-order chi connectivity index (χ1) is 12.4. The monoisotopic (exact) mass is 385 g/mol. The molecule has 1 unspecified atom stereocenters. The van der Waals surface area contributed by atoms with Gasteiger partial charge in [0.25, 0.3) is 0 Å². The third kappa shape index (κ3) is 6.26. The van der Waals surface area contributed by atoms with Crippen LogP contribution in [-0.2, 0) is 14.6 Å². The highest BCUT2D eigenvalue weighted by Gasteiger charge is 2.31. The Kier molecular flexibility index (Phi) is 7.86. The number of carbonyl (C=O) groups is 1. The number of para-hydroxylation sites is 1. The van der Waals surface area contributed by atoms with Crippen LogP contribution in [0.5, 0.6) is 5.75 Å². The molecule has 1 aliphatic heterocycles. The summed E-state index contributed by atoms with van der Waals surface area (Å²) in [5.41, 5.74) is 0.145. The van der Waals surface area contributed by atoms with Gasteiger partial charge in [0.15, 0.2) is 9.84 Å². The first-order valence-electron chi connectivity index (χ1n) is 8.81. The molecular formula is C18H27NO6S. The lowest BCUT2D eigenvalue weighted by Gasteiger charge is -2.28. The summed E-state index contributed by atoms with van der Waals surface area (Å²) in [5.74, 6) is -0.198. The molecule has 1 aromatic rings. The minimum atomic E-state index is -2.93. The Balaban J connectivity index is 1.86. The number of carboxylic acid groups (broad SMARTS) is 1. The Hall–Kier alpha value is -1.64. The van der Waals surface area contributed by atoms with Crippen LogP contribution in [0.15, 0.2) is 24.3 Å². The fourth-order valence-corrected chi connectivity index (χ4v) is 4.93. The average Bonchev–Trinajstić information content (AvgIpc) is 2.97. The summed E-state index contributed by atoms with van der Waals surface area (Å²) in [6, 6.07) is 6.60. The summed E-state index contributed by atoms with van der Waals surface area (Å²) in [6.07, 6.45) is 2.20. The number of benzene rings is 1. The van der Waals surface area contributed by atoms with E-state index in [4.69, 9.17) is 14.6 Å². The van der Waals surface area contributed by atoms with Crippen molar-refractivity contribution in [3.05, 3.63) is 29.8 Å². The summed E-state index contributed by atoms with van der Waals surface area (Å²) in [5, 5.41) is 9.17. The number of rotatable bonds is 11. The van der Waals surface area contributed by atoms with Crippen molar-refractivity contribution in [1.29, 1.82) is 0 Å². The molecule has 7 nitrogen and oxygen atoms in total. The second-order valence-corrected chi connectivity index (χ2v) is 8.67. The second kappa shape index (κ2) is 9.89. The van der Waals surface area contributed by atoms with E-state index in [-0.39, 0.29) is 23.1 Å². The fourth-order valence-electron chi connectivity index (χ4n) is 3.17. The van der Waals surface area contributed by atoms with Crippen molar-refractivity contribution in [2.45, 2.75) is 25.3 Å². The Labute approximate surface area is 154 Å². The molecule has 1 heterocycles. The van der Waals surface area contributed by atoms with E-state index in [2.05, 4.69) is 4.90 Å². The molecule has 146 valence electrons. The van der Waals surface area contributed by atoms with Gasteiger partial charge in [0.2, 0.25) is 0 Å². The highest BCUT2D eigenvalue weighted by Crippen LogP contribution is 2.20. The molecule has 0 radical (unpaired) electrons. The zero-order valence-electron chi connectivity index (χ0n) is 15.1. The summed E-state index contributed by atoms with van der Waals surface area (Å²) in [4.78, 5) is 13.4. The average molecular weight is 385 g/mol. The number of carboxylic acids is 1. The minimum Gasteiger partial charge on any atom is -0.493 e. The van der Waals surface area contributed by atoms with Crippen molar-refractivity contribution in [2.75, 3.05) is 44.9 Å². The van der Waals surface area contributed by atoms with Crippen molar-refractivity contribution in [3.63, 3.8) is 0 Å². The van der Waals surface area contributed by atoms with Crippen LogP contribution in [-0.4, -0.2) is 75.4 Å². The maximum Gasteiger partial charge on any atom is 0.339 e. The number of hydrogen-bond donors (Lipinski definition) is 1. The van der Waals surface area contributed by atoms with Crippen LogP contribution in [0.3, 0.4) is 0 Å². The molecule has 1 saturated heterocycles. The van der Waals surface area contributed by atoms with Gasteiger partial charge in [0.05, 0.1) is 18.1 Å². The van der Waals surface area contributed by atoms with Crippen molar-refractivity contribution < 1.29 is 27.8 Å². The van der Waals surface area contributed by atoms with Gasteiger partial charge >= 0.3 is 5.97 Å². The molecule has 1 aliphatic rings. The number of aromatic carboxylic acids is 1. The first-order valence-corrected chi connectivity index (χ1v) is 10.6. The van der Waals surface area contributed by atoms with Gasteiger partial charge in [-0.05, 0) is 31.4 Å². The van der Waals surface area contributed by atoms with Crippen LogP contribution in [0, 0.1) is 0 Å². The number of hydrogen-bond acceptors (Lipinski definition) is 6. The Bertz CT molecular complexity index is 691. The summed E-state index contributed by atoms with van der Waals surface area (Å²) < 4.78 is 34.2. The molecule has 0 aliphatic carbocycles. The second-order valence-electron chi connectivity index (χ2n) is 6.44. The number of ether oxygens (including phenoxy) is 2. The van der Waals surface area contributed by atoms with Crippen LogP contribution in [0.2, 0.25) is 0 Å². The number of methoxy groups -OCH3 is 1. The molecule has 0 saturated carbocycles. The van der Waals surface area contributed by atoms with Crippen molar-refractivity contribution in [1.82, 2.24) is 4.90 Å². The Morgan fingerprint density at radius 3 is 2.54 bits per heavy atom. The largest absolute Gasteiger partial charge is 0.493 e. The lowest BCUT2D eigenvalue weighted by Crippen LogP contribution is -2.38. The van der Waals surface area contributed by atoms with Gasteiger partial charge in [-0.1, -0.05) is 12.1 Å². The van der Waals surface area contributed by atoms with E-state index in [9.17, 15) is 13.2 Å². The zero-order valence-corrected chi connectivity index (χ0v) is 15.9. The van der Waals surface area contributed by atoms with Crippen LogP contribution in [0.4, 0.5) is 0 Å². The summed E-state index contributed by atoms with van der Waals surface area (Å²) in [7, 11) is -1.28. The molecule has 8 heteroatoms. The highest BCUT2D eigenvalue weighted by molar-refractivity contribution is 7.91. The number of sulfone groups is 1. The lowest BCUT2D eigenvalue weighted by molar-refractivity contribution is 0.0692. The Morgan fingerprint density at radius 1 is 1.23 bits per heavy atom. The van der Waals surface area contributed by atoms with Crippen LogP contribution < -0.4 is 4.74 Å². The Morgan fingerprint density at radius 2 is 1.92 bits per heavy atom. The van der Waals surface area contributed by atoms with E-state index in [1.807, 2.05) is 0 Å². The van der Waals surface area contributed by atoms with Gasteiger partial charge < -0.3 is 14.6 Å². The highest BCUT2D eigenvalue weighted by atomic mass is 32.2. The van der Waals surface area contributed by atoms with Crippen molar-refractivity contribution in [3.8, 4) is 5.75 Å². The molecule has 0 aromatic heterocycles.